The predicted molar refractivity (Wildman–Crippen MR) is 83.5 cm³/mol. The van der Waals surface area contributed by atoms with E-state index in [1.54, 1.807) is 0 Å². The Labute approximate surface area is 118 Å². The number of nitrogens with one attached hydrogen (secondary N) is 1. The maximum Gasteiger partial charge on any atom is 0.00202 e. The van der Waals surface area contributed by atoms with Gasteiger partial charge in [-0.2, -0.15) is 0 Å². The zero-order valence-electron chi connectivity index (χ0n) is 12.4. The van der Waals surface area contributed by atoms with Gasteiger partial charge in [-0.1, -0.05) is 69.4 Å². The van der Waals surface area contributed by atoms with Crippen LogP contribution in [0.15, 0.2) is 30.3 Å². The van der Waals surface area contributed by atoms with Crippen LogP contribution < -0.4 is 5.32 Å². The maximum absolute atomic E-state index is 3.62. The highest BCUT2D eigenvalue weighted by atomic mass is 14.8. The van der Waals surface area contributed by atoms with Gasteiger partial charge in [-0.3, -0.25) is 0 Å². The highest BCUT2D eigenvalue weighted by Gasteiger charge is 2.19. The van der Waals surface area contributed by atoms with E-state index in [0.29, 0.717) is 5.92 Å². The van der Waals surface area contributed by atoms with Crippen LogP contribution in [0.25, 0.3) is 0 Å². The normalized spacial score (nSPS) is 18.4. The molecule has 0 heterocycles. The van der Waals surface area contributed by atoms with Crippen molar-refractivity contribution >= 4 is 0 Å². The van der Waals surface area contributed by atoms with Gasteiger partial charge < -0.3 is 5.32 Å². The van der Waals surface area contributed by atoms with Gasteiger partial charge in [-0.15, -0.1) is 0 Å². The van der Waals surface area contributed by atoms with Crippen LogP contribution in [0.4, 0.5) is 0 Å². The van der Waals surface area contributed by atoms with Gasteiger partial charge in [-0.25, -0.2) is 0 Å². The number of rotatable bonds is 7. The molecule has 1 aromatic rings. The molecule has 1 heteroatoms. The van der Waals surface area contributed by atoms with E-state index in [4.69, 9.17) is 0 Å². The Morgan fingerprint density at radius 1 is 1.11 bits per heavy atom. The summed E-state index contributed by atoms with van der Waals surface area (Å²) in [6.07, 6.45) is 9.88. The van der Waals surface area contributed by atoms with E-state index < -0.39 is 0 Å². The second-order valence-electron chi connectivity index (χ2n) is 6.05. The summed E-state index contributed by atoms with van der Waals surface area (Å²) in [5.41, 5.74) is 1.52. The Morgan fingerprint density at radius 2 is 1.84 bits per heavy atom. The van der Waals surface area contributed by atoms with Crippen LogP contribution in [0.3, 0.4) is 0 Å². The van der Waals surface area contributed by atoms with Gasteiger partial charge in [0.25, 0.3) is 0 Å². The minimum Gasteiger partial charge on any atom is -0.316 e. The van der Waals surface area contributed by atoms with Gasteiger partial charge in [0.15, 0.2) is 0 Å². The van der Waals surface area contributed by atoms with Crippen LogP contribution >= 0.6 is 0 Å². The Morgan fingerprint density at radius 3 is 2.53 bits per heavy atom. The van der Waals surface area contributed by atoms with Gasteiger partial charge in [0, 0.05) is 6.54 Å². The lowest BCUT2D eigenvalue weighted by atomic mass is 9.80. The molecule has 1 aromatic carbocycles. The quantitative estimate of drug-likeness (QED) is 0.697. The van der Waals surface area contributed by atoms with E-state index >= 15 is 0 Å². The molecule has 1 saturated carbocycles. The average molecular weight is 259 g/mol. The summed E-state index contributed by atoms with van der Waals surface area (Å²) in [6.45, 7) is 4.54. The molecule has 0 saturated heterocycles. The molecule has 106 valence electrons. The smallest absolute Gasteiger partial charge is 0.00202 e. The molecule has 0 aliphatic heterocycles. The van der Waals surface area contributed by atoms with Crippen LogP contribution in [-0.2, 0) is 0 Å². The summed E-state index contributed by atoms with van der Waals surface area (Å²) in [6, 6.07) is 11.1. The molecule has 1 aliphatic carbocycles. The second-order valence-corrected chi connectivity index (χ2v) is 6.05. The van der Waals surface area contributed by atoms with Crippen molar-refractivity contribution in [3.63, 3.8) is 0 Å². The first-order valence-corrected chi connectivity index (χ1v) is 8.15. The molecule has 1 fully saturated rings. The summed E-state index contributed by atoms with van der Waals surface area (Å²) in [5.74, 6) is 1.67. The van der Waals surface area contributed by atoms with Gasteiger partial charge >= 0.3 is 0 Å². The Hall–Kier alpha value is -0.820. The minimum absolute atomic E-state index is 0.704. The lowest BCUT2D eigenvalue weighted by Gasteiger charge is -2.27. The molecule has 0 amide bonds. The molecule has 0 radical (unpaired) electrons. The van der Waals surface area contributed by atoms with E-state index in [9.17, 15) is 0 Å². The number of hydrogen-bond acceptors (Lipinski definition) is 1. The van der Waals surface area contributed by atoms with E-state index in [2.05, 4.69) is 42.6 Å². The van der Waals surface area contributed by atoms with Crippen molar-refractivity contribution in [1.82, 2.24) is 5.32 Å². The molecule has 19 heavy (non-hydrogen) atoms. The second kappa shape index (κ2) is 8.37. The third kappa shape index (κ3) is 4.99. The topological polar surface area (TPSA) is 12.0 Å². The highest BCUT2D eigenvalue weighted by molar-refractivity contribution is 5.20. The maximum atomic E-state index is 3.62. The van der Waals surface area contributed by atoms with Crippen molar-refractivity contribution < 1.29 is 0 Å². The monoisotopic (exact) mass is 259 g/mol. The number of hydrogen-bond donors (Lipinski definition) is 1. The predicted octanol–water partition coefficient (Wildman–Crippen LogP) is 4.74. The molecule has 1 nitrogen and oxygen atoms in total. The standard InChI is InChI=1S/C18H29N/c1-2-13-19-15-18(17-11-7-4-8-12-17)14-16-9-5-3-6-10-16/h4,7-8,11-12,16,18-19H,2-3,5-6,9-10,13-15H2,1H3. The first kappa shape index (κ1) is 14.6. The summed E-state index contributed by atoms with van der Waals surface area (Å²) in [5, 5.41) is 3.62. The average Bonchev–Trinajstić information content (AvgIpc) is 2.48. The molecule has 1 N–H and O–H groups in total. The molecule has 1 unspecified atom stereocenters. The fourth-order valence-electron chi connectivity index (χ4n) is 3.34. The largest absolute Gasteiger partial charge is 0.316 e. The Bertz CT molecular complexity index is 327. The van der Waals surface area contributed by atoms with E-state index in [1.165, 1.54) is 50.5 Å². The Balaban J connectivity index is 1.92. The molecule has 1 atom stereocenters. The van der Waals surface area contributed by atoms with Gasteiger partial charge in [0.05, 0.1) is 0 Å². The van der Waals surface area contributed by atoms with E-state index in [0.717, 1.165) is 19.0 Å². The van der Waals surface area contributed by atoms with Gasteiger partial charge in [-0.05, 0) is 36.8 Å². The Kier molecular flexibility index (Phi) is 6.43. The lowest BCUT2D eigenvalue weighted by Crippen LogP contribution is -2.24. The fraction of sp³-hybridized carbons (Fsp3) is 0.667. The SMILES string of the molecule is CCCNCC(CC1CCCCC1)c1ccccc1. The number of benzene rings is 1. The molecule has 1 aliphatic rings. The van der Waals surface area contributed by atoms with E-state index in [-0.39, 0.29) is 0 Å². The van der Waals surface area contributed by atoms with Crippen LogP contribution in [-0.4, -0.2) is 13.1 Å². The van der Waals surface area contributed by atoms with E-state index in [1.807, 2.05) is 0 Å². The fourth-order valence-corrected chi connectivity index (χ4v) is 3.34. The van der Waals surface area contributed by atoms with Gasteiger partial charge in [0.1, 0.15) is 0 Å². The van der Waals surface area contributed by atoms with Gasteiger partial charge in [0.2, 0.25) is 0 Å². The van der Waals surface area contributed by atoms with Crippen molar-refractivity contribution in [2.24, 2.45) is 5.92 Å². The van der Waals surface area contributed by atoms with Crippen LogP contribution in [0, 0.1) is 5.92 Å². The van der Waals surface area contributed by atoms with Crippen molar-refractivity contribution in [1.29, 1.82) is 0 Å². The first-order valence-electron chi connectivity index (χ1n) is 8.15. The van der Waals surface area contributed by atoms with Crippen LogP contribution in [0.1, 0.15) is 63.4 Å². The zero-order valence-corrected chi connectivity index (χ0v) is 12.4. The molecule has 0 bridgehead atoms. The molecular formula is C18H29N. The van der Waals surface area contributed by atoms with Crippen molar-refractivity contribution in [2.45, 2.75) is 57.8 Å². The third-order valence-corrected chi connectivity index (χ3v) is 4.43. The molecule has 2 rings (SSSR count). The summed E-state index contributed by atoms with van der Waals surface area (Å²) in [7, 11) is 0. The molecule has 0 aromatic heterocycles. The van der Waals surface area contributed by atoms with Crippen LogP contribution in [0.2, 0.25) is 0 Å². The molecule has 0 spiro atoms. The lowest BCUT2D eigenvalue weighted by molar-refractivity contribution is 0.313. The summed E-state index contributed by atoms with van der Waals surface area (Å²) in [4.78, 5) is 0. The molecular weight excluding hydrogens is 230 g/mol. The first-order chi connectivity index (χ1) is 9.40. The summed E-state index contributed by atoms with van der Waals surface area (Å²) >= 11 is 0. The third-order valence-electron chi connectivity index (χ3n) is 4.43. The minimum atomic E-state index is 0.704. The van der Waals surface area contributed by atoms with Crippen molar-refractivity contribution in [3.8, 4) is 0 Å². The highest BCUT2D eigenvalue weighted by Crippen LogP contribution is 2.32. The summed E-state index contributed by atoms with van der Waals surface area (Å²) < 4.78 is 0. The van der Waals surface area contributed by atoms with Crippen LogP contribution in [0.5, 0.6) is 0 Å². The zero-order chi connectivity index (χ0) is 13.3. The van der Waals surface area contributed by atoms with Crippen molar-refractivity contribution in [3.05, 3.63) is 35.9 Å². The van der Waals surface area contributed by atoms with Crippen molar-refractivity contribution in [2.75, 3.05) is 13.1 Å².